The molecule has 2 rings (SSSR count). The molecule has 1 heterocycles. The molecule has 0 spiro atoms. The van der Waals surface area contributed by atoms with Gasteiger partial charge in [0.1, 0.15) is 5.75 Å². The number of fused-ring (bicyclic) bond motifs is 1. The second kappa shape index (κ2) is 3.84. The van der Waals surface area contributed by atoms with E-state index in [-0.39, 0.29) is 16.7 Å². The summed E-state index contributed by atoms with van der Waals surface area (Å²) in [5.41, 5.74) is -0.364. The molecule has 0 radical (unpaired) electrons. The van der Waals surface area contributed by atoms with Crippen LogP contribution in [0.2, 0.25) is 0 Å². The van der Waals surface area contributed by atoms with Crippen LogP contribution in [-0.2, 0) is 0 Å². The molecule has 1 aromatic carbocycles. The van der Waals surface area contributed by atoms with Crippen LogP contribution in [-0.4, -0.2) is 19.2 Å². The maximum Gasteiger partial charge on any atom is 0.256 e. The molecule has 0 unspecified atom stereocenters. The Morgan fingerprint density at radius 1 is 1.12 bits per heavy atom. The van der Waals surface area contributed by atoms with E-state index in [9.17, 15) is 9.18 Å². The first-order valence-electron chi connectivity index (χ1n) is 4.60. The van der Waals surface area contributed by atoms with Crippen molar-refractivity contribution >= 4 is 10.8 Å². The number of H-pyrrole nitrogens is 1. The van der Waals surface area contributed by atoms with E-state index < -0.39 is 5.82 Å². The molecule has 2 aromatic rings. The molecule has 1 N–H and O–H groups in total. The van der Waals surface area contributed by atoms with Crippen LogP contribution in [0, 0.1) is 5.82 Å². The predicted octanol–water partition coefficient (Wildman–Crippen LogP) is 1.68. The molecular formula is C11H10FNO3. The molecule has 0 aliphatic heterocycles. The van der Waals surface area contributed by atoms with E-state index >= 15 is 0 Å². The normalized spacial score (nSPS) is 10.4. The number of rotatable bonds is 2. The summed E-state index contributed by atoms with van der Waals surface area (Å²) in [6.07, 6.45) is 1.43. The number of pyridine rings is 1. The molecule has 0 aliphatic carbocycles. The van der Waals surface area contributed by atoms with Gasteiger partial charge in [-0.1, -0.05) is 0 Å². The molecule has 5 heteroatoms. The van der Waals surface area contributed by atoms with E-state index in [1.165, 1.54) is 26.5 Å². The Bertz CT molecular complexity index is 592. The molecule has 0 saturated heterocycles. The third-order valence-electron chi connectivity index (χ3n) is 2.36. The van der Waals surface area contributed by atoms with Crippen molar-refractivity contribution in [2.75, 3.05) is 14.2 Å². The van der Waals surface area contributed by atoms with Crippen molar-refractivity contribution in [1.29, 1.82) is 0 Å². The third kappa shape index (κ3) is 1.50. The number of hydrogen-bond donors (Lipinski definition) is 1. The number of halogens is 1. The van der Waals surface area contributed by atoms with Gasteiger partial charge in [-0.3, -0.25) is 4.79 Å². The van der Waals surface area contributed by atoms with Crippen LogP contribution in [0.5, 0.6) is 11.5 Å². The van der Waals surface area contributed by atoms with E-state index in [1.807, 2.05) is 0 Å². The molecule has 0 bridgehead atoms. The fraction of sp³-hybridized carbons (Fsp3) is 0.182. The first kappa shape index (κ1) is 10.5. The van der Waals surface area contributed by atoms with Crippen molar-refractivity contribution in [1.82, 2.24) is 4.98 Å². The Hall–Kier alpha value is -2.04. The lowest BCUT2D eigenvalue weighted by Crippen LogP contribution is -2.07. The van der Waals surface area contributed by atoms with Crippen molar-refractivity contribution in [3.63, 3.8) is 0 Å². The summed E-state index contributed by atoms with van der Waals surface area (Å²) in [5.74, 6) is -0.0296. The van der Waals surface area contributed by atoms with Crippen LogP contribution < -0.4 is 15.0 Å². The quantitative estimate of drug-likeness (QED) is 0.842. The van der Waals surface area contributed by atoms with Gasteiger partial charge in [0.15, 0.2) is 11.6 Å². The summed E-state index contributed by atoms with van der Waals surface area (Å²) in [4.78, 5) is 14.0. The molecular weight excluding hydrogens is 213 g/mol. The summed E-state index contributed by atoms with van der Waals surface area (Å²) in [7, 11) is 2.84. The van der Waals surface area contributed by atoms with Gasteiger partial charge in [0.2, 0.25) is 0 Å². The van der Waals surface area contributed by atoms with Crippen LogP contribution in [0.15, 0.2) is 23.1 Å². The third-order valence-corrected chi connectivity index (χ3v) is 2.36. The van der Waals surface area contributed by atoms with Crippen molar-refractivity contribution in [2.45, 2.75) is 0 Å². The molecule has 0 fully saturated rings. The fourth-order valence-electron chi connectivity index (χ4n) is 1.56. The Balaban J connectivity index is 2.88. The molecule has 4 nitrogen and oxygen atoms in total. The zero-order valence-corrected chi connectivity index (χ0v) is 8.83. The van der Waals surface area contributed by atoms with Gasteiger partial charge in [-0.05, 0) is 12.1 Å². The van der Waals surface area contributed by atoms with Crippen LogP contribution in [0.1, 0.15) is 0 Å². The van der Waals surface area contributed by atoms with Gasteiger partial charge in [-0.15, -0.1) is 0 Å². The molecule has 84 valence electrons. The van der Waals surface area contributed by atoms with Crippen LogP contribution in [0.25, 0.3) is 10.8 Å². The average molecular weight is 223 g/mol. The summed E-state index contributed by atoms with van der Waals surface area (Å²) in [6.45, 7) is 0. The van der Waals surface area contributed by atoms with Crippen molar-refractivity contribution < 1.29 is 13.9 Å². The summed E-state index contributed by atoms with van der Waals surface area (Å²) in [6, 6.07) is 2.58. The number of ether oxygens (including phenoxy) is 2. The monoisotopic (exact) mass is 223 g/mol. The van der Waals surface area contributed by atoms with Crippen molar-refractivity contribution in [2.24, 2.45) is 0 Å². The minimum atomic E-state index is -0.575. The molecule has 0 saturated carbocycles. The Morgan fingerprint density at radius 2 is 1.81 bits per heavy atom. The van der Waals surface area contributed by atoms with Crippen molar-refractivity contribution in [3.8, 4) is 11.5 Å². The topological polar surface area (TPSA) is 51.3 Å². The summed E-state index contributed by atoms with van der Waals surface area (Å²) in [5, 5.41) is 0.752. The van der Waals surface area contributed by atoms with E-state index in [0.29, 0.717) is 11.1 Å². The number of benzene rings is 1. The van der Waals surface area contributed by atoms with Gasteiger partial charge in [-0.25, -0.2) is 4.39 Å². The zero-order valence-electron chi connectivity index (χ0n) is 8.83. The summed E-state index contributed by atoms with van der Waals surface area (Å²) >= 11 is 0. The first-order valence-corrected chi connectivity index (χ1v) is 4.60. The summed E-state index contributed by atoms with van der Waals surface area (Å²) < 4.78 is 23.3. The lowest BCUT2D eigenvalue weighted by molar-refractivity contribution is 0.386. The van der Waals surface area contributed by atoms with Gasteiger partial charge in [-0.2, -0.15) is 0 Å². The van der Waals surface area contributed by atoms with Crippen LogP contribution >= 0.6 is 0 Å². The van der Waals surface area contributed by atoms with Gasteiger partial charge < -0.3 is 14.5 Å². The lowest BCUT2D eigenvalue weighted by Gasteiger charge is -2.07. The highest BCUT2D eigenvalue weighted by Gasteiger charge is 2.10. The van der Waals surface area contributed by atoms with E-state index in [1.54, 1.807) is 0 Å². The minimum Gasteiger partial charge on any atom is -0.495 e. The van der Waals surface area contributed by atoms with Gasteiger partial charge >= 0.3 is 0 Å². The SMILES string of the molecule is COc1cc2c(OC)c[nH]c(=O)c2cc1F. The standard InChI is InChI=1S/C11H10FNO3/c1-15-9-4-6-7(3-8(9)12)11(14)13-5-10(6)16-2/h3-5H,1-2H3,(H,13,14). The fourth-order valence-corrected chi connectivity index (χ4v) is 1.56. The number of aromatic amines is 1. The molecule has 1 aromatic heterocycles. The van der Waals surface area contributed by atoms with Crippen LogP contribution in [0.4, 0.5) is 4.39 Å². The smallest absolute Gasteiger partial charge is 0.256 e. The first-order chi connectivity index (χ1) is 7.67. The minimum absolute atomic E-state index is 0.0800. The van der Waals surface area contributed by atoms with Crippen molar-refractivity contribution in [3.05, 3.63) is 34.5 Å². The predicted molar refractivity (Wildman–Crippen MR) is 57.6 cm³/mol. The Morgan fingerprint density at radius 3 is 2.44 bits per heavy atom. The maximum atomic E-state index is 13.4. The van der Waals surface area contributed by atoms with E-state index in [0.717, 1.165) is 6.07 Å². The number of nitrogens with one attached hydrogen (secondary N) is 1. The largest absolute Gasteiger partial charge is 0.495 e. The second-order valence-corrected chi connectivity index (χ2v) is 3.22. The lowest BCUT2D eigenvalue weighted by atomic mass is 10.1. The van der Waals surface area contributed by atoms with Gasteiger partial charge in [0, 0.05) is 11.6 Å². The molecule has 0 amide bonds. The number of aromatic nitrogens is 1. The molecule has 0 atom stereocenters. The number of methoxy groups -OCH3 is 2. The Kier molecular flexibility index (Phi) is 2.52. The highest BCUT2D eigenvalue weighted by molar-refractivity contribution is 5.88. The zero-order chi connectivity index (χ0) is 11.7. The average Bonchev–Trinajstić information content (AvgIpc) is 2.30. The Labute approximate surface area is 90.6 Å². The van der Waals surface area contributed by atoms with E-state index in [2.05, 4.69) is 4.98 Å². The number of hydrogen-bond acceptors (Lipinski definition) is 3. The van der Waals surface area contributed by atoms with E-state index in [4.69, 9.17) is 9.47 Å². The molecule has 0 aliphatic rings. The van der Waals surface area contributed by atoms with Crippen LogP contribution in [0.3, 0.4) is 0 Å². The highest BCUT2D eigenvalue weighted by atomic mass is 19.1. The van der Waals surface area contributed by atoms with Gasteiger partial charge in [0.05, 0.1) is 19.6 Å². The van der Waals surface area contributed by atoms with Gasteiger partial charge in [0.25, 0.3) is 5.56 Å². The second-order valence-electron chi connectivity index (χ2n) is 3.22. The maximum absolute atomic E-state index is 13.4. The highest BCUT2D eigenvalue weighted by Crippen LogP contribution is 2.28. The molecule has 16 heavy (non-hydrogen) atoms.